The van der Waals surface area contributed by atoms with Gasteiger partial charge in [-0.15, -0.1) is 5.21 Å². The molecule has 1 heterocycles. The van der Waals surface area contributed by atoms with Gasteiger partial charge < -0.3 is 17.3 Å². The first-order valence-electron chi connectivity index (χ1n) is 6.47. The van der Waals surface area contributed by atoms with Crippen molar-refractivity contribution in [3.63, 3.8) is 0 Å². The molecule has 134 valence electrons. The van der Waals surface area contributed by atoms with E-state index in [4.69, 9.17) is 16.4 Å². The SMILES string of the molecule is CN(C)C(O[N+]1(O)N=Nc2ccc(Cl)cc21)=[N+](C)C.F[B-](F)(F)F. The highest BCUT2D eigenvalue weighted by Crippen LogP contribution is 2.41. The average molecular weight is 373 g/mol. The molecular weight excluding hydrogens is 356 g/mol. The molecule has 0 amide bonds. The van der Waals surface area contributed by atoms with E-state index in [1.165, 1.54) is 0 Å². The fraction of sp³-hybridized carbons (Fsp3) is 0.364. The molecule has 1 unspecified atom stereocenters. The van der Waals surface area contributed by atoms with E-state index in [0.29, 0.717) is 22.4 Å². The smallest absolute Gasteiger partial charge is 0.418 e. The molecule has 2 rings (SSSR count). The highest BCUT2D eigenvalue weighted by Gasteiger charge is 2.46. The molecule has 1 aliphatic rings. The van der Waals surface area contributed by atoms with Gasteiger partial charge in [0.2, 0.25) is 0 Å². The summed E-state index contributed by atoms with van der Waals surface area (Å²) in [6, 6.07) is 5.35. The Bertz CT molecular complexity index is 660. The molecule has 0 saturated heterocycles. The van der Waals surface area contributed by atoms with Crippen LogP contribution in [0.2, 0.25) is 5.02 Å². The van der Waals surface area contributed by atoms with Gasteiger partial charge in [0, 0.05) is 11.1 Å². The Morgan fingerprint density at radius 2 is 1.83 bits per heavy atom. The predicted molar refractivity (Wildman–Crippen MR) is 81.6 cm³/mol. The largest absolute Gasteiger partial charge is 0.673 e. The first-order valence-corrected chi connectivity index (χ1v) is 6.85. The van der Waals surface area contributed by atoms with Crippen molar-refractivity contribution < 1.29 is 31.9 Å². The number of hydrogen-bond donors (Lipinski definition) is 1. The van der Waals surface area contributed by atoms with E-state index in [1.807, 2.05) is 0 Å². The Labute approximate surface area is 140 Å². The van der Waals surface area contributed by atoms with Crippen molar-refractivity contribution in [2.75, 3.05) is 28.2 Å². The molecule has 1 aromatic rings. The molecular formula is C11H16BClF4N5O2+. The van der Waals surface area contributed by atoms with Crippen molar-refractivity contribution in [3.05, 3.63) is 23.2 Å². The fourth-order valence-electron chi connectivity index (χ4n) is 1.72. The summed E-state index contributed by atoms with van der Waals surface area (Å²) in [5, 5.41) is 18.6. The maximum Gasteiger partial charge on any atom is 0.673 e. The van der Waals surface area contributed by atoms with Crippen molar-refractivity contribution in [3.8, 4) is 0 Å². The molecule has 0 bridgehead atoms. The van der Waals surface area contributed by atoms with E-state index >= 15 is 0 Å². The second kappa shape index (κ2) is 7.32. The lowest BCUT2D eigenvalue weighted by Gasteiger charge is -2.17. The standard InChI is InChI=1S/C11H16ClN5O2.BF4/c1-15(2)11(16(3)4)19-17(18)10-7-8(12)5-6-9(10)13-14-17;2-1(3,4)5/h5-7,18H,1-4H3;/q+2;-1. The normalized spacial score (nSPS) is 18.4. The van der Waals surface area contributed by atoms with E-state index in [1.54, 1.807) is 55.9 Å². The fourth-order valence-corrected chi connectivity index (χ4v) is 1.88. The molecule has 1 atom stereocenters. The third-order valence-electron chi connectivity index (χ3n) is 2.50. The van der Waals surface area contributed by atoms with Crippen LogP contribution in [0.3, 0.4) is 0 Å². The van der Waals surface area contributed by atoms with E-state index in [2.05, 4.69) is 10.3 Å². The molecule has 0 saturated carbocycles. The predicted octanol–water partition coefficient (Wildman–Crippen LogP) is 3.47. The summed E-state index contributed by atoms with van der Waals surface area (Å²) in [4.78, 5) is 6.15. The molecule has 0 radical (unpaired) electrons. The van der Waals surface area contributed by atoms with Gasteiger partial charge in [0.05, 0.1) is 28.2 Å². The lowest BCUT2D eigenvalue weighted by Crippen LogP contribution is -2.46. The van der Waals surface area contributed by atoms with Gasteiger partial charge in [-0.25, -0.2) is 9.48 Å². The summed E-state index contributed by atoms with van der Waals surface area (Å²) in [6.45, 7) is 0. The van der Waals surface area contributed by atoms with Crippen molar-refractivity contribution in [1.29, 1.82) is 0 Å². The molecule has 1 aliphatic heterocycles. The minimum Gasteiger partial charge on any atom is -0.418 e. The quantitative estimate of drug-likeness (QED) is 0.205. The Kier molecular flexibility index (Phi) is 6.14. The van der Waals surface area contributed by atoms with Crippen LogP contribution in [-0.4, -0.2) is 56.1 Å². The lowest BCUT2D eigenvalue weighted by atomic mass is 10.3. The van der Waals surface area contributed by atoms with E-state index in [9.17, 15) is 22.5 Å². The van der Waals surface area contributed by atoms with Crippen LogP contribution in [0.5, 0.6) is 0 Å². The minimum atomic E-state index is -6.00. The van der Waals surface area contributed by atoms with Gasteiger partial charge in [0.15, 0.2) is 10.6 Å². The molecule has 24 heavy (non-hydrogen) atoms. The van der Waals surface area contributed by atoms with Crippen LogP contribution in [0.4, 0.5) is 28.6 Å². The van der Waals surface area contributed by atoms with Crippen LogP contribution in [0, 0.1) is 0 Å². The van der Waals surface area contributed by atoms with Crippen LogP contribution in [0.1, 0.15) is 0 Å². The minimum absolute atomic E-state index is 0.369. The highest BCUT2D eigenvalue weighted by atomic mass is 35.5. The average Bonchev–Trinajstić information content (AvgIpc) is 2.71. The van der Waals surface area contributed by atoms with Crippen LogP contribution in [0.25, 0.3) is 0 Å². The van der Waals surface area contributed by atoms with E-state index < -0.39 is 12.2 Å². The molecule has 0 aromatic heterocycles. The van der Waals surface area contributed by atoms with Gasteiger partial charge in [-0.1, -0.05) is 16.7 Å². The van der Waals surface area contributed by atoms with Crippen molar-refractivity contribution in [2.24, 2.45) is 10.3 Å². The molecule has 0 aliphatic carbocycles. The van der Waals surface area contributed by atoms with Crippen molar-refractivity contribution in [1.82, 2.24) is 9.82 Å². The highest BCUT2D eigenvalue weighted by molar-refractivity contribution is 6.50. The molecule has 0 spiro atoms. The topological polar surface area (TPSA) is 60.4 Å². The molecule has 13 heteroatoms. The molecule has 7 nitrogen and oxygen atoms in total. The van der Waals surface area contributed by atoms with Gasteiger partial charge >= 0.3 is 13.3 Å². The third kappa shape index (κ3) is 5.62. The van der Waals surface area contributed by atoms with Crippen LogP contribution >= 0.6 is 11.6 Å². The van der Waals surface area contributed by atoms with Crippen LogP contribution in [-0.2, 0) is 4.84 Å². The summed E-state index contributed by atoms with van der Waals surface area (Å²) < 4.78 is 40.7. The number of hydrogen-bond acceptors (Lipinski definition) is 4. The number of nitrogens with zero attached hydrogens (tertiary/aromatic N) is 5. The van der Waals surface area contributed by atoms with Gasteiger partial charge in [-0.2, -0.15) is 4.84 Å². The molecule has 0 fully saturated rings. The zero-order valence-electron chi connectivity index (χ0n) is 13.3. The van der Waals surface area contributed by atoms with Gasteiger partial charge in [-0.05, 0) is 12.1 Å². The Morgan fingerprint density at radius 1 is 1.29 bits per heavy atom. The number of fused-ring (bicyclic) bond motifs is 1. The first-order chi connectivity index (χ1) is 10.8. The van der Waals surface area contributed by atoms with Crippen molar-refractivity contribution >= 4 is 36.3 Å². The van der Waals surface area contributed by atoms with Gasteiger partial charge in [0.1, 0.15) is 5.22 Å². The van der Waals surface area contributed by atoms with Gasteiger partial charge in [-0.3, -0.25) is 0 Å². The van der Waals surface area contributed by atoms with Crippen LogP contribution in [0.15, 0.2) is 28.5 Å². The zero-order valence-corrected chi connectivity index (χ0v) is 14.0. The van der Waals surface area contributed by atoms with E-state index in [-0.39, 0.29) is 0 Å². The number of benzene rings is 1. The number of rotatable bonds is 1. The summed E-state index contributed by atoms with van der Waals surface area (Å²) in [6.07, 6.45) is 0. The number of amidine groups is 1. The third-order valence-corrected chi connectivity index (χ3v) is 2.73. The van der Waals surface area contributed by atoms with E-state index in [0.717, 1.165) is 0 Å². The molecule has 1 N–H and O–H groups in total. The number of quaternary nitrogens is 1. The Hall–Kier alpha value is -1.92. The maximum absolute atomic E-state index is 10.5. The summed E-state index contributed by atoms with van der Waals surface area (Å²) >= 11 is 5.92. The summed E-state index contributed by atoms with van der Waals surface area (Å²) in [5.74, 6) is 0. The second-order valence-electron chi connectivity index (χ2n) is 5.02. The Balaban J connectivity index is 0.000000505. The first kappa shape index (κ1) is 20.1. The Morgan fingerprint density at radius 3 is 2.29 bits per heavy atom. The number of halogens is 5. The summed E-state index contributed by atoms with van der Waals surface area (Å²) in [5.41, 5.74) is 0.887. The summed E-state index contributed by atoms with van der Waals surface area (Å²) in [7, 11) is 1.20. The maximum atomic E-state index is 10.5. The molecule has 1 aromatic carbocycles. The van der Waals surface area contributed by atoms with Gasteiger partial charge in [0.25, 0.3) is 5.69 Å². The monoisotopic (exact) mass is 372 g/mol. The zero-order chi connectivity index (χ0) is 18.7. The van der Waals surface area contributed by atoms with Crippen LogP contribution < -0.4 is 4.92 Å². The lowest BCUT2D eigenvalue weighted by molar-refractivity contribution is -0.492. The van der Waals surface area contributed by atoms with Crippen molar-refractivity contribution in [2.45, 2.75) is 0 Å². The second-order valence-corrected chi connectivity index (χ2v) is 5.46.